The van der Waals surface area contributed by atoms with Crippen LogP contribution in [0.2, 0.25) is 0 Å². The summed E-state index contributed by atoms with van der Waals surface area (Å²) < 4.78 is 12.5. The van der Waals surface area contributed by atoms with Gasteiger partial charge in [-0.25, -0.2) is 0 Å². The topological polar surface area (TPSA) is 50.7 Å². The third-order valence-electron chi connectivity index (χ3n) is 8.32. The first kappa shape index (κ1) is 19.0. The number of benzene rings is 1. The number of hydrogen-bond donors (Lipinski definition) is 2. The Hall–Kier alpha value is -1.04. The van der Waals surface area contributed by atoms with E-state index >= 15 is 0 Å². The highest BCUT2D eigenvalue weighted by molar-refractivity contribution is 6.62. The standard InChI is InChI=1S/C23H34BNO3/c1-21(2)22(3,4)28-24(27-21)18-6-5-7-19(12-18)25-20-17-9-8-15-10-16(11-17)14-23(20,26)13-15/h5-7,12,15-17,20,25-26H,8-11,13-14H2,1-4H3/t15?,16?,17?,20?,23-/m1/s1. The molecule has 5 aliphatic rings. The Morgan fingerprint density at radius 1 is 1.00 bits per heavy atom. The number of aliphatic hydroxyl groups is 1. The van der Waals surface area contributed by atoms with E-state index in [2.05, 4.69) is 57.3 Å². The SMILES string of the molecule is CC1(C)OB(c2cccc(NC3C4CCC5CC(C4)C[C@]3(O)C5)c2)OC1(C)C. The molecule has 5 fully saturated rings. The van der Waals surface area contributed by atoms with E-state index in [1.165, 1.54) is 25.7 Å². The van der Waals surface area contributed by atoms with Gasteiger partial charge in [0.25, 0.3) is 0 Å². The quantitative estimate of drug-likeness (QED) is 0.781. The Balaban J connectivity index is 1.38. The van der Waals surface area contributed by atoms with Crippen LogP contribution in [0.5, 0.6) is 0 Å². The van der Waals surface area contributed by atoms with Crippen LogP contribution < -0.4 is 10.8 Å². The molecule has 1 aromatic rings. The molecule has 152 valence electrons. The minimum absolute atomic E-state index is 0.155. The van der Waals surface area contributed by atoms with Gasteiger partial charge in [0.05, 0.1) is 22.8 Å². The predicted octanol–water partition coefficient (Wildman–Crippen LogP) is 3.73. The van der Waals surface area contributed by atoms with Gasteiger partial charge in [0.2, 0.25) is 0 Å². The molecule has 0 aromatic heterocycles. The molecule has 4 saturated carbocycles. The van der Waals surface area contributed by atoms with Crippen molar-refractivity contribution in [3.05, 3.63) is 24.3 Å². The monoisotopic (exact) mass is 383 g/mol. The highest BCUT2D eigenvalue weighted by Gasteiger charge is 2.54. The summed E-state index contributed by atoms with van der Waals surface area (Å²) in [5.41, 5.74) is 0.883. The molecule has 0 amide bonds. The van der Waals surface area contributed by atoms with Crippen LogP contribution in [0.25, 0.3) is 0 Å². The highest BCUT2D eigenvalue weighted by atomic mass is 16.7. The Morgan fingerprint density at radius 3 is 2.46 bits per heavy atom. The number of hydrogen-bond acceptors (Lipinski definition) is 4. The van der Waals surface area contributed by atoms with Crippen LogP contribution in [0.3, 0.4) is 0 Å². The average Bonchev–Trinajstić information content (AvgIpc) is 2.69. The van der Waals surface area contributed by atoms with Crippen molar-refractivity contribution in [2.45, 2.75) is 89.1 Å². The second-order valence-electron chi connectivity index (χ2n) is 10.9. The molecule has 4 unspecified atom stereocenters. The predicted molar refractivity (Wildman–Crippen MR) is 113 cm³/mol. The van der Waals surface area contributed by atoms with Gasteiger partial charge in [0, 0.05) is 5.69 Å². The van der Waals surface area contributed by atoms with E-state index in [1.807, 2.05) is 0 Å². The number of anilines is 1. The van der Waals surface area contributed by atoms with Gasteiger partial charge >= 0.3 is 7.12 Å². The molecule has 5 heteroatoms. The second kappa shape index (κ2) is 6.23. The molecular weight excluding hydrogens is 349 g/mol. The van der Waals surface area contributed by atoms with E-state index in [1.54, 1.807) is 0 Å². The van der Waals surface area contributed by atoms with Gasteiger partial charge in [0.1, 0.15) is 0 Å². The molecule has 1 heterocycles. The minimum atomic E-state index is -0.548. The summed E-state index contributed by atoms with van der Waals surface area (Å²) in [6, 6.07) is 8.55. The van der Waals surface area contributed by atoms with Crippen LogP contribution >= 0.6 is 0 Å². The molecule has 6 rings (SSSR count). The van der Waals surface area contributed by atoms with Gasteiger partial charge < -0.3 is 19.7 Å². The largest absolute Gasteiger partial charge is 0.494 e. The summed E-state index contributed by atoms with van der Waals surface area (Å²) in [4.78, 5) is 0. The van der Waals surface area contributed by atoms with Crippen LogP contribution in [0.1, 0.15) is 66.2 Å². The van der Waals surface area contributed by atoms with E-state index in [0.717, 1.165) is 35.8 Å². The molecule has 1 aromatic carbocycles. The van der Waals surface area contributed by atoms with Crippen LogP contribution in [-0.4, -0.2) is 35.1 Å². The van der Waals surface area contributed by atoms with Gasteiger partial charge in [-0.2, -0.15) is 0 Å². The van der Waals surface area contributed by atoms with Crippen molar-refractivity contribution in [3.63, 3.8) is 0 Å². The lowest BCUT2D eigenvalue weighted by Crippen LogP contribution is -2.57. The molecule has 1 aliphatic heterocycles. The van der Waals surface area contributed by atoms with Crippen molar-refractivity contribution >= 4 is 18.3 Å². The van der Waals surface area contributed by atoms with Crippen molar-refractivity contribution in [1.82, 2.24) is 0 Å². The van der Waals surface area contributed by atoms with Gasteiger partial charge in [-0.15, -0.1) is 0 Å². The molecule has 28 heavy (non-hydrogen) atoms. The van der Waals surface area contributed by atoms with E-state index in [4.69, 9.17) is 9.31 Å². The van der Waals surface area contributed by atoms with Crippen molar-refractivity contribution in [3.8, 4) is 0 Å². The molecule has 0 spiro atoms. The van der Waals surface area contributed by atoms with Crippen LogP contribution in [-0.2, 0) is 9.31 Å². The van der Waals surface area contributed by atoms with Crippen molar-refractivity contribution in [1.29, 1.82) is 0 Å². The summed E-state index contributed by atoms with van der Waals surface area (Å²) >= 11 is 0. The molecule has 4 aliphatic carbocycles. The minimum Gasteiger partial charge on any atom is -0.399 e. The van der Waals surface area contributed by atoms with Crippen LogP contribution in [0.15, 0.2) is 24.3 Å². The molecule has 2 N–H and O–H groups in total. The lowest BCUT2D eigenvalue weighted by molar-refractivity contribution is -0.0806. The zero-order chi connectivity index (χ0) is 19.7. The molecule has 1 saturated heterocycles. The van der Waals surface area contributed by atoms with Gasteiger partial charge in [-0.1, -0.05) is 12.1 Å². The number of rotatable bonds is 3. The second-order valence-corrected chi connectivity index (χ2v) is 10.9. The van der Waals surface area contributed by atoms with Crippen LogP contribution in [0, 0.1) is 17.8 Å². The van der Waals surface area contributed by atoms with Crippen molar-refractivity contribution in [2.24, 2.45) is 17.8 Å². The lowest BCUT2D eigenvalue weighted by atomic mass is 9.62. The van der Waals surface area contributed by atoms with E-state index < -0.39 is 5.60 Å². The van der Waals surface area contributed by atoms with Gasteiger partial charge in [-0.3, -0.25) is 0 Å². The maximum atomic E-state index is 11.5. The Bertz CT molecular complexity index is 750. The average molecular weight is 383 g/mol. The van der Waals surface area contributed by atoms with Gasteiger partial charge in [-0.05, 0) is 102 Å². The summed E-state index contributed by atoms with van der Waals surface area (Å²) in [7, 11) is -0.351. The normalized spacial score (nSPS) is 40.5. The molecule has 0 radical (unpaired) electrons. The highest BCUT2D eigenvalue weighted by Crippen LogP contribution is 2.54. The van der Waals surface area contributed by atoms with Gasteiger partial charge in [0.15, 0.2) is 0 Å². The zero-order valence-corrected chi connectivity index (χ0v) is 17.7. The third kappa shape index (κ3) is 3.01. The molecule has 4 bridgehead atoms. The fourth-order valence-electron chi connectivity index (χ4n) is 6.30. The van der Waals surface area contributed by atoms with Crippen molar-refractivity contribution in [2.75, 3.05) is 5.32 Å². The molecule has 5 atom stereocenters. The Kier molecular flexibility index (Phi) is 4.22. The zero-order valence-electron chi connectivity index (χ0n) is 17.7. The Labute approximate surface area is 169 Å². The van der Waals surface area contributed by atoms with E-state index in [-0.39, 0.29) is 24.4 Å². The maximum absolute atomic E-state index is 11.5. The Morgan fingerprint density at radius 2 is 1.71 bits per heavy atom. The summed E-state index contributed by atoms with van der Waals surface area (Å²) in [5, 5.41) is 15.3. The first-order valence-corrected chi connectivity index (χ1v) is 11.1. The molecular formula is C23H34BNO3. The lowest BCUT2D eigenvalue weighted by Gasteiger charge is -2.50. The summed E-state index contributed by atoms with van der Waals surface area (Å²) in [6.07, 6.45) is 7.08. The summed E-state index contributed by atoms with van der Waals surface area (Å²) in [5.74, 6) is 2.03. The van der Waals surface area contributed by atoms with Crippen LogP contribution in [0.4, 0.5) is 5.69 Å². The first-order valence-electron chi connectivity index (χ1n) is 11.1. The van der Waals surface area contributed by atoms with E-state index in [0.29, 0.717) is 5.92 Å². The van der Waals surface area contributed by atoms with Crippen molar-refractivity contribution < 1.29 is 14.4 Å². The number of fused-ring (bicyclic) bond motifs is 1. The fourth-order valence-corrected chi connectivity index (χ4v) is 6.30. The fraction of sp³-hybridized carbons (Fsp3) is 0.739. The number of nitrogens with one attached hydrogen (secondary N) is 1. The first-order chi connectivity index (χ1) is 13.2. The summed E-state index contributed by atoms with van der Waals surface area (Å²) in [6.45, 7) is 8.34. The maximum Gasteiger partial charge on any atom is 0.494 e. The smallest absolute Gasteiger partial charge is 0.399 e. The molecule has 4 nitrogen and oxygen atoms in total. The van der Waals surface area contributed by atoms with E-state index in [9.17, 15) is 5.11 Å². The third-order valence-corrected chi connectivity index (χ3v) is 8.32.